The normalized spacial score (nSPS) is 16.4. The molecular formula is C27H35N3O3S. The molecule has 0 fully saturated rings. The van der Waals surface area contributed by atoms with Crippen LogP contribution in [0.25, 0.3) is 16.4 Å². The third-order valence-corrected chi connectivity index (χ3v) is 7.00. The number of imidazole rings is 1. The molecule has 3 aromatic rings. The molecule has 6 nitrogen and oxygen atoms in total. The van der Waals surface area contributed by atoms with Gasteiger partial charge in [0.2, 0.25) is 0 Å². The number of likely N-dealkylation sites (N-methyl/N-ethyl adjacent to an activating group) is 1. The predicted octanol–water partition coefficient (Wildman–Crippen LogP) is 5.40. The summed E-state index contributed by atoms with van der Waals surface area (Å²) in [4.78, 5) is 20.4. The van der Waals surface area contributed by atoms with Crippen molar-refractivity contribution in [3.05, 3.63) is 52.2 Å². The molecule has 1 aliphatic heterocycles. The van der Waals surface area contributed by atoms with E-state index in [1.165, 1.54) is 25.2 Å². The third kappa shape index (κ3) is 4.39. The van der Waals surface area contributed by atoms with E-state index in [4.69, 9.17) is 22.7 Å². The molecule has 0 N–H and O–H groups in total. The van der Waals surface area contributed by atoms with Crippen LogP contribution in [0.1, 0.15) is 63.2 Å². The fraction of sp³-hybridized carbons (Fsp3) is 0.481. The summed E-state index contributed by atoms with van der Waals surface area (Å²) >= 11 is 1.47. The van der Waals surface area contributed by atoms with E-state index in [9.17, 15) is 4.79 Å². The molecule has 2 aromatic heterocycles. The first kappa shape index (κ1) is 17.7. The van der Waals surface area contributed by atoms with Crippen LogP contribution in [0, 0.1) is 5.92 Å². The van der Waals surface area contributed by atoms with Gasteiger partial charge in [0.15, 0.2) is 11.5 Å². The van der Waals surface area contributed by atoms with Crippen LogP contribution < -0.4 is 4.74 Å². The number of amides is 1. The number of hydrogen-bond donors (Lipinski definition) is 0. The fourth-order valence-corrected chi connectivity index (χ4v) is 5.12. The van der Waals surface area contributed by atoms with Crippen molar-refractivity contribution in [3.8, 4) is 22.1 Å². The largest absolute Gasteiger partial charge is 0.496 e. The molecule has 7 heteroatoms. The van der Waals surface area contributed by atoms with E-state index in [1.54, 1.807) is 7.11 Å². The summed E-state index contributed by atoms with van der Waals surface area (Å²) in [5.41, 5.74) is 2.15. The Morgan fingerprint density at radius 3 is 2.82 bits per heavy atom. The monoisotopic (exact) mass is 487 g/mol. The van der Waals surface area contributed by atoms with Gasteiger partial charge in [-0.05, 0) is 73.7 Å². The lowest BCUT2D eigenvalue weighted by Gasteiger charge is -2.35. The van der Waals surface area contributed by atoms with Crippen LogP contribution in [0.2, 0.25) is 0 Å². The number of nitrogens with zero attached hydrogens (tertiary/aromatic N) is 3. The summed E-state index contributed by atoms with van der Waals surface area (Å²) in [6.07, 6.45) is 1.87. The Kier molecular flexibility index (Phi) is 4.98. The maximum Gasteiger partial charge on any atom is 0.274 e. The molecule has 0 atom stereocenters. The lowest BCUT2D eigenvalue weighted by molar-refractivity contribution is 0.0361. The van der Waals surface area contributed by atoms with E-state index >= 15 is 0 Å². The molecule has 4 rings (SSSR count). The quantitative estimate of drug-likeness (QED) is 0.427. The van der Waals surface area contributed by atoms with Gasteiger partial charge in [-0.2, -0.15) is 0 Å². The van der Waals surface area contributed by atoms with E-state index < -0.39 is 32.1 Å². The Bertz CT molecular complexity index is 1380. The summed E-state index contributed by atoms with van der Waals surface area (Å²) in [5.74, 6) is 0.954. The highest BCUT2D eigenvalue weighted by Crippen LogP contribution is 2.38. The van der Waals surface area contributed by atoms with Gasteiger partial charge in [0.05, 0.1) is 39.6 Å². The molecule has 0 bridgehead atoms. The number of ether oxygens (including phenoxy) is 2. The fourth-order valence-electron chi connectivity index (χ4n) is 4.41. The molecule has 0 saturated carbocycles. The Labute approximate surface area is 215 Å². The number of carbonyl (C=O) groups excluding carboxylic acids is 1. The number of carbonyl (C=O) groups is 1. The minimum atomic E-state index is -2.87. The molecule has 3 heterocycles. The van der Waals surface area contributed by atoms with E-state index in [-0.39, 0.29) is 5.69 Å². The first-order valence-corrected chi connectivity index (χ1v) is 12.3. The van der Waals surface area contributed by atoms with Crippen LogP contribution in [0.15, 0.2) is 29.6 Å². The number of rotatable bonds is 8. The summed E-state index contributed by atoms with van der Waals surface area (Å²) in [5, 5.41) is 1.92. The second kappa shape index (κ2) is 9.55. The van der Waals surface area contributed by atoms with Crippen molar-refractivity contribution >= 4 is 17.2 Å². The minimum absolute atomic E-state index is 0.0355. The number of methoxy groups -OCH3 is 2. The van der Waals surface area contributed by atoms with Crippen LogP contribution in [0.3, 0.4) is 0 Å². The van der Waals surface area contributed by atoms with Gasteiger partial charge < -0.3 is 14.4 Å². The third-order valence-electron chi connectivity index (χ3n) is 6.13. The van der Waals surface area contributed by atoms with Crippen LogP contribution in [-0.2, 0) is 24.0 Å². The summed E-state index contributed by atoms with van der Waals surface area (Å²) in [6.45, 7) is 3.86. The van der Waals surface area contributed by atoms with E-state index in [0.29, 0.717) is 30.3 Å². The maximum atomic E-state index is 14.1. The standard InChI is InChI=1S/C27H35N3O3S/c1-17(2)13-19-14-21-18(15-22(19)33-7)10-11-20-24(26(31)29(5)27(3,4)16-32-6)28-25(30(20)21)23-9-8-12-34-23/h8-9,12,14-15,17H,10-11,13,16H2,1-7H3/i5D3,6D3. The first-order chi connectivity index (χ1) is 18.5. The van der Waals surface area contributed by atoms with Gasteiger partial charge in [-0.15, -0.1) is 11.3 Å². The van der Waals surface area contributed by atoms with Gasteiger partial charge >= 0.3 is 0 Å². The second-order valence-corrected chi connectivity index (χ2v) is 10.6. The van der Waals surface area contributed by atoms with Gasteiger partial charge in [0.1, 0.15) is 5.75 Å². The molecule has 0 spiro atoms. The number of fused-ring (bicyclic) bond motifs is 3. The van der Waals surface area contributed by atoms with E-state index in [1.807, 2.05) is 28.1 Å². The lowest BCUT2D eigenvalue weighted by atomic mass is 9.94. The highest BCUT2D eigenvalue weighted by Gasteiger charge is 2.35. The average molecular weight is 488 g/mol. The SMILES string of the molecule is [2H]C([2H])([2H])OCC(C)(C)N(C(=O)c1nc(-c2cccs2)n2c1CCc1cc(OC)c(CC(C)C)cc1-2)C([2H])([2H])[2H]. The van der Waals surface area contributed by atoms with Crippen molar-refractivity contribution in [1.82, 2.24) is 14.5 Å². The molecule has 0 saturated heterocycles. The van der Waals surface area contributed by atoms with Gasteiger partial charge in [0, 0.05) is 18.1 Å². The van der Waals surface area contributed by atoms with Crippen molar-refractivity contribution in [1.29, 1.82) is 0 Å². The molecule has 1 amide bonds. The van der Waals surface area contributed by atoms with Gasteiger partial charge in [0.25, 0.3) is 5.91 Å². The highest BCUT2D eigenvalue weighted by atomic mass is 32.1. The van der Waals surface area contributed by atoms with Gasteiger partial charge in [-0.3, -0.25) is 9.36 Å². The van der Waals surface area contributed by atoms with Crippen LogP contribution in [-0.4, -0.2) is 53.6 Å². The zero-order valence-electron chi connectivity index (χ0n) is 26.3. The molecule has 0 unspecified atom stereocenters. The smallest absolute Gasteiger partial charge is 0.274 e. The van der Waals surface area contributed by atoms with E-state index in [0.717, 1.165) is 38.8 Å². The van der Waals surface area contributed by atoms with Crippen LogP contribution >= 0.6 is 11.3 Å². The molecular weight excluding hydrogens is 446 g/mol. The number of thiophene rings is 1. The maximum absolute atomic E-state index is 14.1. The van der Waals surface area contributed by atoms with Crippen LogP contribution in [0.4, 0.5) is 0 Å². The van der Waals surface area contributed by atoms with Crippen molar-refractivity contribution in [2.24, 2.45) is 5.92 Å². The number of aryl methyl sites for hydroxylation is 1. The Hall–Kier alpha value is -2.64. The predicted molar refractivity (Wildman–Crippen MR) is 137 cm³/mol. The second-order valence-electron chi connectivity index (χ2n) is 9.68. The Morgan fingerprint density at radius 2 is 2.18 bits per heavy atom. The van der Waals surface area contributed by atoms with Crippen LogP contribution in [0.5, 0.6) is 5.75 Å². The zero-order chi connectivity index (χ0) is 29.6. The summed E-state index contributed by atoms with van der Waals surface area (Å²) in [6, 6.07) is 7.94. The highest BCUT2D eigenvalue weighted by molar-refractivity contribution is 7.13. The van der Waals surface area contributed by atoms with Crippen molar-refractivity contribution < 1.29 is 22.5 Å². The molecule has 34 heavy (non-hydrogen) atoms. The zero-order valence-corrected chi connectivity index (χ0v) is 21.1. The molecule has 1 aliphatic rings. The Morgan fingerprint density at radius 1 is 1.35 bits per heavy atom. The van der Waals surface area contributed by atoms with Crippen molar-refractivity contribution in [2.75, 3.05) is 27.7 Å². The van der Waals surface area contributed by atoms with Crippen molar-refractivity contribution in [2.45, 2.75) is 52.5 Å². The molecule has 182 valence electrons. The molecule has 0 aliphatic carbocycles. The molecule has 1 aromatic carbocycles. The van der Waals surface area contributed by atoms with E-state index in [2.05, 4.69) is 19.9 Å². The lowest BCUT2D eigenvalue weighted by Crippen LogP contribution is -2.48. The first-order valence-electron chi connectivity index (χ1n) is 14.4. The number of aromatic nitrogens is 2. The Balaban J connectivity index is 1.90. The summed E-state index contributed by atoms with van der Waals surface area (Å²) < 4.78 is 59.4. The number of hydrogen-bond acceptors (Lipinski definition) is 5. The van der Waals surface area contributed by atoms with Gasteiger partial charge in [-0.1, -0.05) is 19.9 Å². The topological polar surface area (TPSA) is 56.6 Å². The number of benzene rings is 1. The summed E-state index contributed by atoms with van der Waals surface area (Å²) in [7, 11) is -1.08. The molecule has 0 radical (unpaired) electrons. The van der Waals surface area contributed by atoms with Gasteiger partial charge in [-0.25, -0.2) is 4.98 Å². The minimum Gasteiger partial charge on any atom is -0.496 e. The van der Waals surface area contributed by atoms with Crippen molar-refractivity contribution in [3.63, 3.8) is 0 Å². The average Bonchev–Trinajstić information content (AvgIpc) is 3.48.